The van der Waals surface area contributed by atoms with Crippen LogP contribution in [0.1, 0.15) is 43.3 Å². The molecule has 184 valence electrons. The van der Waals surface area contributed by atoms with Crippen molar-refractivity contribution < 1.29 is 23.2 Å². The first-order valence-electron chi connectivity index (χ1n) is 10.8. The Kier molecular flexibility index (Phi) is 7.11. The van der Waals surface area contributed by atoms with Crippen molar-refractivity contribution in [1.29, 1.82) is 0 Å². The molecule has 4 aromatic rings. The Balaban J connectivity index is 1.80. The fourth-order valence-electron chi connectivity index (χ4n) is 3.58. The largest absolute Gasteiger partial charge is 0.464 e. The van der Waals surface area contributed by atoms with Crippen LogP contribution in [-0.4, -0.2) is 22.1 Å². The van der Waals surface area contributed by atoms with Crippen LogP contribution in [0.3, 0.4) is 0 Å². The molecule has 0 bridgehead atoms. The summed E-state index contributed by atoms with van der Waals surface area (Å²) in [6.07, 6.45) is 0. The molecule has 5 N–H and O–H groups in total. The van der Waals surface area contributed by atoms with E-state index in [0.29, 0.717) is 17.3 Å². The molecule has 2 aromatic heterocycles. The van der Waals surface area contributed by atoms with Gasteiger partial charge in [0.05, 0.1) is 5.69 Å². The average Bonchev–Trinajstić information content (AvgIpc) is 3.47. The number of nitrogens with zero attached hydrogens (tertiary/aromatic N) is 2. The number of hydrogen-bond acceptors (Lipinski definition) is 7. The lowest BCUT2D eigenvalue weighted by Gasteiger charge is -2.29. The van der Waals surface area contributed by atoms with Crippen LogP contribution in [0.5, 0.6) is 0 Å². The molecule has 0 saturated heterocycles. The predicted octanol–water partition coefficient (Wildman–Crippen LogP) is 3.57. The molecule has 0 aliphatic rings. The lowest BCUT2D eigenvalue weighted by Crippen LogP contribution is -2.43. The van der Waals surface area contributed by atoms with E-state index in [9.17, 15) is 18.8 Å². The third-order valence-electron chi connectivity index (χ3n) is 5.33. The molecule has 3 amide bonds. The molecule has 2 heterocycles. The van der Waals surface area contributed by atoms with Gasteiger partial charge in [0.15, 0.2) is 11.7 Å². The van der Waals surface area contributed by atoms with E-state index in [1.54, 1.807) is 19.1 Å². The zero-order valence-corrected chi connectivity index (χ0v) is 19.9. The van der Waals surface area contributed by atoms with Crippen molar-refractivity contribution in [1.82, 2.24) is 9.69 Å². The first kappa shape index (κ1) is 24.6. The molecule has 11 heteroatoms. The van der Waals surface area contributed by atoms with Gasteiger partial charge in [0.2, 0.25) is 0 Å². The standard InChI is InChI=1S/C25H22FN5O4S/c1-14-7-12-18(35-14)21(24(33)29-13-15-5-3-2-4-6-15)31(17-10-8-16(26)9-11-17)25(34)22-19(27)20(23(28)32)30-36-22/h2-12,21H,13,27H2,1H3,(H2,28,32)(H,29,33)/t21-/m0/s1. The molecule has 0 spiro atoms. The second-order valence-corrected chi connectivity index (χ2v) is 8.62. The van der Waals surface area contributed by atoms with E-state index in [2.05, 4.69) is 9.69 Å². The minimum absolute atomic E-state index is 0.0998. The summed E-state index contributed by atoms with van der Waals surface area (Å²) in [5.41, 5.74) is 11.9. The summed E-state index contributed by atoms with van der Waals surface area (Å²) in [5, 5.41) is 2.83. The number of primary amides is 1. The summed E-state index contributed by atoms with van der Waals surface area (Å²) in [5.74, 6) is -2.02. The summed E-state index contributed by atoms with van der Waals surface area (Å²) in [7, 11) is 0. The van der Waals surface area contributed by atoms with Gasteiger partial charge in [-0.2, -0.15) is 4.37 Å². The summed E-state index contributed by atoms with van der Waals surface area (Å²) in [6, 6.07) is 16.2. The van der Waals surface area contributed by atoms with Crippen molar-refractivity contribution in [3.63, 3.8) is 0 Å². The molecule has 36 heavy (non-hydrogen) atoms. The minimum atomic E-state index is -1.29. The quantitative estimate of drug-likeness (QED) is 0.333. The van der Waals surface area contributed by atoms with Crippen LogP contribution < -0.4 is 21.7 Å². The zero-order chi connectivity index (χ0) is 25.8. The fraction of sp³-hybridized carbons (Fsp3) is 0.120. The van der Waals surface area contributed by atoms with E-state index in [4.69, 9.17) is 15.9 Å². The lowest BCUT2D eigenvalue weighted by atomic mass is 10.1. The highest BCUT2D eigenvalue weighted by Crippen LogP contribution is 2.34. The molecule has 0 saturated carbocycles. The van der Waals surface area contributed by atoms with Gasteiger partial charge in [0, 0.05) is 12.2 Å². The van der Waals surface area contributed by atoms with E-state index >= 15 is 0 Å². The number of nitrogen functional groups attached to an aromatic ring is 1. The Hall–Kier alpha value is -4.51. The number of furan rings is 1. The number of amides is 3. The Morgan fingerprint density at radius 2 is 1.78 bits per heavy atom. The first-order valence-corrected chi connectivity index (χ1v) is 11.6. The third kappa shape index (κ3) is 5.10. The van der Waals surface area contributed by atoms with Gasteiger partial charge in [-0.1, -0.05) is 30.3 Å². The van der Waals surface area contributed by atoms with Gasteiger partial charge >= 0.3 is 0 Å². The molecular formula is C25H22FN5O4S. The Morgan fingerprint density at radius 3 is 2.36 bits per heavy atom. The molecule has 0 aliphatic heterocycles. The molecule has 1 atom stereocenters. The maximum Gasteiger partial charge on any atom is 0.273 e. The lowest BCUT2D eigenvalue weighted by molar-refractivity contribution is -0.123. The number of aromatic nitrogens is 1. The van der Waals surface area contributed by atoms with Gasteiger partial charge < -0.3 is 21.2 Å². The number of anilines is 2. The van der Waals surface area contributed by atoms with E-state index in [-0.39, 0.29) is 34.3 Å². The number of halogens is 1. The highest BCUT2D eigenvalue weighted by molar-refractivity contribution is 7.09. The van der Waals surface area contributed by atoms with E-state index in [1.807, 2.05) is 30.3 Å². The van der Waals surface area contributed by atoms with Crippen molar-refractivity contribution in [3.8, 4) is 0 Å². The van der Waals surface area contributed by atoms with Gasteiger partial charge in [-0.3, -0.25) is 19.3 Å². The highest BCUT2D eigenvalue weighted by Gasteiger charge is 2.37. The summed E-state index contributed by atoms with van der Waals surface area (Å²) in [4.78, 5) is 40.1. The molecule has 0 aliphatic carbocycles. The van der Waals surface area contributed by atoms with E-state index in [0.717, 1.165) is 22.6 Å². The Bertz CT molecular complexity index is 1400. The number of nitrogens with one attached hydrogen (secondary N) is 1. The van der Waals surface area contributed by atoms with Crippen LogP contribution in [0.15, 0.2) is 71.1 Å². The summed E-state index contributed by atoms with van der Waals surface area (Å²) < 4.78 is 23.4. The topological polar surface area (TPSA) is 145 Å². The number of hydrogen-bond donors (Lipinski definition) is 3. The number of carbonyl (C=O) groups is 3. The molecular weight excluding hydrogens is 485 g/mol. The number of nitrogens with two attached hydrogens (primary N) is 2. The number of rotatable bonds is 8. The second-order valence-electron chi connectivity index (χ2n) is 7.84. The Labute approximate surface area is 209 Å². The van der Waals surface area contributed by atoms with Gasteiger partial charge in [-0.25, -0.2) is 4.39 Å². The SMILES string of the molecule is Cc1ccc([C@@H](C(=O)NCc2ccccc2)N(C(=O)c2snc(C(N)=O)c2N)c2ccc(F)cc2)o1. The monoisotopic (exact) mass is 507 g/mol. The van der Waals surface area contributed by atoms with Crippen LogP contribution in [0.2, 0.25) is 0 Å². The molecule has 9 nitrogen and oxygen atoms in total. The number of benzene rings is 2. The van der Waals surface area contributed by atoms with Crippen LogP contribution in [0.25, 0.3) is 0 Å². The molecule has 0 radical (unpaired) electrons. The maximum absolute atomic E-state index is 13.8. The normalized spacial score (nSPS) is 11.6. The van der Waals surface area contributed by atoms with Crippen LogP contribution in [0, 0.1) is 12.7 Å². The first-order chi connectivity index (χ1) is 17.3. The smallest absolute Gasteiger partial charge is 0.273 e. The van der Waals surface area contributed by atoms with Crippen molar-refractivity contribution in [2.75, 3.05) is 10.6 Å². The van der Waals surface area contributed by atoms with Gasteiger partial charge in [-0.05, 0) is 60.4 Å². The maximum atomic E-state index is 13.8. The molecule has 4 rings (SSSR count). The molecule has 0 fully saturated rings. The predicted molar refractivity (Wildman–Crippen MR) is 133 cm³/mol. The molecule has 0 unspecified atom stereocenters. The van der Waals surface area contributed by atoms with Gasteiger partial charge in [0.25, 0.3) is 17.7 Å². The highest BCUT2D eigenvalue weighted by atomic mass is 32.1. The van der Waals surface area contributed by atoms with Crippen molar-refractivity contribution >= 4 is 40.6 Å². The van der Waals surface area contributed by atoms with Crippen molar-refractivity contribution in [2.45, 2.75) is 19.5 Å². The summed E-state index contributed by atoms with van der Waals surface area (Å²) in [6.45, 7) is 1.89. The van der Waals surface area contributed by atoms with Crippen LogP contribution in [0.4, 0.5) is 15.8 Å². The average molecular weight is 508 g/mol. The third-order valence-corrected chi connectivity index (χ3v) is 6.18. The second kappa shape index (κ2) is 10.4. The van der Waals surface area contributed by atoms with E-state index in [1.165, 1.54) is 12.1 Å². The number of aryl methyl sites for hydroxylation is 1. The summed E-state index contributed by atoms with van der Waals surface area (Å²) >= 11 is 0.675. The van der Waals surface area contributed by atoms with Gasteiger partial charge in [-0.15, -0.1) is 0 Å². The van der Waals surface area contributed by atoms with Crippen LogP contribution >= 0.6 is 11.5 Å². The van der Waals surface area contributed by atoms with Crippen LogP contribution in [-0.2, 0) is 11.3 Å². The fourth-order valence-corrected chi connectivity index (χ4v) is 4.32. The van der Waals surface area contributed by atoms with Crippen molar-refractivity contribution in [3.05, 3.63) is 100 Å². The number of carbonyl (C=O) groups excluding carboxylic acids is 3. The van der Waals surface area contributed by atoms with Gasteiger partial charge in [0.1, 0.15) is 22.2 Å². The Morgan fingerprint density at radius 1 is 1.08 bits per heavy atom. The van der Waals surface area contributed by atoms with E-state index < -0.39 is 29.6 Å². The minimum Gasteiger partial charge on any atom is -0.464 e. The van der Waals surface area contributed by atoms with Crippen molar-refractivity contribution in [2.24, 2.45) is 5.73 Å². The zero-order valence-electron chi connectivity index (χ0n) is 19.1. The molecule has 2 aromatic carbocycles.